The smallest absolute Gasteiger partial charge is 0.326 e. The first-order valence-electron chi connectivity index (χ1n) is 11.8. The van der Waals surface area contributed by atoms with Crippen molar-refractivity contribution in [1.82, 2.24) is 25.1 Å². The Hall–Kier alpha value is -3.87. The van der Waals surface area contributed by atoms with Gasteiger partial charge in [-0.15, -0.1) is 0 Å². The van der Waals surface area contributed by atoms with E-state index in [4.69, 9.17) is 21.1 Å². The molecule has 5 rings (SSSR count). The second-order valence-corrected chi connectivity index (χ2v) is 9.01. The normalized spacial score (nSPS) is 15.3. The van der Waals surface area contributed by atoms with E-state index in [0.717, 1.165) is 12.1 Å². The highest BCUT2D eigenvalue weighted by Crippen LogP contribution is 2.36. The van der Waals surface area contributed by atoms with Crippen molar-refractivity contribution in [3.05, 3.63) is 59.1 Å². The first-order valence-corrected chi connectivity index (χ1v) is 12.1. The van der Waals surface area contributed by atoms with E-state index in [0.29, 0.717) is 54.0 Å². The van der Waals surface area contributed by atoms with Crippen LogP contribution in [0.25, 0.3) is 22.3 Å². The van der Waals surface area contributed by atoms with Crippen LogP contribution in [0.4, 0.5) is 14.6 Å². The van der Waals surface area contributed by atoms with Gasteiger partial charge in [0.25, 0.3) is 0 Å². The average molecular weight is 545 g/mol. The predicted octanol–water partition coefficient (Wildman–Crippen LogP) is 3.76. The number of benzene rings is 2. The summed E-state index contributed by atoms with van der Waals surface area (Å²) in [6.45, 7) is 2.99. The van der Waals surface area contributed by atoms with Crippen LogP contribution in [0.2, 0.25) is 5.02 Å². The van der Waals surface area contributed by atoms with Gasteiger partial charge in [-0.25, -0.2) is 8.78 Å². The molecular formula is C25H23ClF2N6O4. The molecule has 0 spiro atoms. The summed E-state index contributed by atoms with van der Waals surface area (Å²) >= 11 is 6.42. The highest BCUT2D eigenvalue weighted by Gasteiger charge is 2.31. The summed E-state index contributed by atoms with van der Waals surface area (Å²) in [5, 5.41) is 21.5. The van der Waals surface area contributed by atoms with E-state index in [9.17, 15) is 18.7 Å². The predicted molar refractivity (Wildman–Crippen MR) is 135 cm³/mol. The van der Waals surface area contributed by atoms with Crippen LogP contribution in [0.5, 0.6) is 11.8 Å². The van der Waals surface area contributed by atoms with Gasteiger partial charge in [0.05, 0.1) is 29.7 Å². The van der Waals surface area contributed by atoms with E-state index >= 15 is 0 Å². The lowest BCUT2D eigenvalue weighted by Gasteiger charge is -2.32. The molecule has 2 atom stereocenters. The second-order valence-electron chi connectivity index (χ2n) is 8.61. The Morgan fingerprint density at radius 3 is 2.68 bits per heavy atom. The topological polar surface area (TPSA) is 125 Å². The van der Waals surface area contributed by atoms with Crippen LogP contribution >= 0.6 is 11.6 Å². The standard InChI is InChI=1S/C25H23ClF2N6O4/c1-13(35)20(24(36)34-8-10-37-11-9-34)29-22-19-21(15-4-2-3-5-16(15)26)32-33-23(19)31-25(30-22)38-18-7-6-14(27)12-17(18)28/h2-7,12-13,20,35H,8-11H2,1H3,(H2,29,30,31,32,33)/t13-,20+/m1/s1. The third kappa shape index (κ3) is 5.23. The number of aliphatic hydroxyl groups excluding tert-OH is 1. The lowest BCUT2D eigenvalue weighted by Crippen LogP contribution is -2.51. The van der Waals surface area contributed by atoms with E-state index < -0.39 is 23.8 Å². The largest absolute Gasteiger partial charge is 0.421 e. The number of hydrogen-bond donors (Lipinski definition) is 3. The van der Waals surface area contributed by atoms with E-state index in [2.05, 4.69) is 25.5 Å². The fourth-order valence-electron chi connectivity index (χ4n) is 4.08. The molecule has 2 aromatic carbocycles. The first kappa shape index (κ1) is 25.8. The number of rotatable bonds is 7. The van der Waals surface area contributed by atoms with Gasteiger partial charge >= 0.3 is 6.01 Å². The molecule has 38 heavy (non-hydrogen) atoms. The molecule has 3 heterocycles. The van der Waals surface area contributed by atoms with Crippen molar-refractivity contribution in [1.29, 1.82) is 0 Å². The highest BCUT2D eigenvalue weighted by molar-refractivity contribution is 6.33. The number of nitrogens with zero attached hydrogens (tertiary/aromatic N) is 4. The quantitative estimate of drug-likeness (QED) is 0.321. The summed E-state index contributed by atoms with van der Waals surface area (Å²) in [5.74, 6) is -2.30. The molecule has 1 saturated heterocycles. The molecule has 1 fully saturated rings. The molecule has 10 nitrogen and oxygen atoms in total. The van der Waals surface area contributed by atoms with Crippen molar-refractivity contribution < 1.29 is 28.2 Å². The number of anilines is 1. The van der Waals surface area contributed by atoms with Crippen LogP contribution in [-0.4, -0.2) is 74.5 Å². The second kappa shape index (κ2) is 10.9. The fraction of sp³-hybridized carbons (Fsp3) is 0.280. The van der Waals surface area contributed by atoms with Crippen LogP contribution < -0.4 is 10.1 Å². The average Bonchev–Trinajstić information content (AvgIpc) is 3.33. The number of amides is 1. The zero-order chi connectivity index (χ0) is 26.8. The molecule has 13 heteroatoms. The number of carbonyl (C=O) groups is 1. The number of morpholine rings is 1. The van der Waals surface area contributed by atoms with Gasteiger partial charge in [0.1, 0.15) is 23.4 Å². The van der Waals surface area contributed by atoms with E-state index in [1.807, 2.05) is 0 Å². The first-order chi connectivity index (χ1) is 18.3. The summed E-state index contributed by atoms with van der Waals surface area (Å²) in [5.41, 5.74) is 1.15. The molecule has 198 valence electrons. The van der Waals surface area contributed by atoms with Gasteiger partial charge in [0.15, 0.2) is 17.2 Å². The van der Waals surface area contributed by atoms with Crippen LogP contribution in [0.3, 0.4) is 0 Å². The van der Waals surface area contributed by atoms with Crippen LogP contribution in [0.15, 0.2) is 42.5 Å². The van der Waals surface area contributed by atoms with Crippen LogP contribution in [0, 0.1) is 11.6 Å². The van der Waals surface area contributed by atoms with E-state index in [1.165, 1.54) is 6.92 Å². The van der Waals surface area contributed by atoms with E-state index in [-0.39, 0.29) is 29.1 Å². The highest BCUT2D eigenvalue weighted by atomic mass is 35.5. The molecule has 0 saturated carbocycles. The minimum atomic E-state index is -1.12. The van der Waals surface area contributed by atoms with Crippen molar-refractivity contribution in [2.24, 2.45) is 0 Å². The van der Waals surface area contributed by atoms with Gasteiger partial charge in [-0.1, -0.05) is 29.8 Å². The summed E-state index contributed by atoms with van der Waals surface area (Å²) in [7, 11) is 0. The summed E-state index contributed by atoms with van der Waals surface area (Å²) in [4.78, 5) is 23.6. The number of halogens is 3. The number of aromatic nitrogens is 4. The molecule has 0 bridgehead atoms. The maximum atomic E-state index is 14.3. The maximum absolute atomic E-state index is 14.3. The molecule has 1 aliphatic rings. The van der Waals surface area contributed by atoms with Gasteiger partial charge in [0, 0.05) is 24.7 Å². The third-order valence-corrected chi connectivity index (χ3v) is 6.32. The molecule has 4 aromatic rings. The fourth-order valence-corrected chi connectivity index (χ4v) is 4.31. The minimum absolute atomic E-state index is 0.0868. The Balaban J connectivity index is 1.60. The maximum Gasteiger partial charge on any atom is 0.326 e. The Morgan fingerprint density at radius 1 is 1.21 bits per heavy atom. The molecule has 2 aromatic heterocycles. The zero-order valence-electron chi connectivity index (χ0n) is 20.1. The number of fused-ring (bicyclic) bond motifs is 1. The molecule has 1 aliphatic heterocycles. The summed E-state index contributed by atoms with van der Waals surface area (Å²) in [6, 6.07) is 8.41. The molecule has 0 aliphatic carbocycles. The van der Waals surface area contributed by atoms with Crippen molar-refractivity contribution in [3.8, 4) is 23.0 Å². The number of hydrogen-bond acceptors (Lipinski definition) is 8. The number of aliphatic hydroxyl groups is 1. The Labute approximate surface area is 220 Å². The monoisotopic (exact) mass is 544 g/mol. The van der Waals surface area contributed by atoms with Crippen LogP contribution in [0.1, 0.15) is 6.92 Å². The lowest BCUT2D eigenvalue weighted by molar-refractivity contribution is -0.138. The van der Waals surface area contributed by atoms with Crippen molar-refractivity contribution >= 4 is 34.4 Å². The van der Waals surface area contributed by atoms with Crippen molar-refractivity contribution in [3.63, 3.8) is 0 Å². The molecular weight excluding hydrogens is 522 g/mol. The number of ether oxygens (including phenoxy) is 2. The number of H-pyrrole nitrogens is 1. The van der Waals surface area contributed by atoms with Crippen molar-refractivity contribution in [2.75, 3.05) is 31.6 Å². The van der Waals surface area contributed by atoms with Crippen LogP contribution in [-0.2, 0) is 9.53 Å². The van der Waals surface area contributed by atoms with Gasteiger partial charge in [-0.05, 0) is 25.1 Å². The third-order valence-electron chi connectivity index (χ3n) is 5.99. The number of nitrogens with one attached hydrogen (secondary N) is 2. The number of aromatic amines is 1. The van der Waals surface area contributed by atoms with Gasteiger partial charge in [-0.2, -0.15) is 15.1 Å². The van der Waals surface area contributed by atoms with Gasteiger partial charge < -0.3 is 24.8 Å². The molecule has 0 unspecified atom stereocenters. The SMILES string of the molecule is C[C@@H](O)[C@H](Nc1nc(Oc2ccc(F)cc2F)nc2[nH]nc(-c3ccccc3Cl)c12)C(=O)N1CCOCC1. The van der Waals surface area contributed by atoms with E-state index in [1.54, 1.807) is 29.2 Å². The molecule has 3 N–H and O–H groups in total. The van der Waals surface area contributed by atoms with Gasteiger partial charge in [0.2, 0.25) is 5.91 Å². The number of carbonyl (C=O) groups excluding carboxylic acids is 1. The van der Waals surface area contributed by atoms with Crippen molar-refractivity contribution in [2.45, 2.75) is 19.1 Å². The minimum Gasteiger partial charge on any atom is -0.421 e. The van der Waals surface area contributed by atoms with Gasteiger partial charge in [-0.3, -0.25) is 9.89 Å². The Kier molecular flexibility index (Phi) is 7.36. The summed E-state index contributed by atoms with van der Waals surface area (Å²) < 4.78 is 38.5. The summed E-state index contributed by atoms with van der Waals surface area (Å²) in [6.07, 6.45) is -1.12. The Morgan fingerprint density at radius 2 is 1.97 bits per heavy atom. The lowest BCUT2D eigenvalue weighted by atomic mass is 10.1. The Bertz CT molecular complexity index is 1480. The molecule has 0 radical (unpaired) electrons. The zero-order valence-corrected chi connectivity index (χ0v) is 20.9. The molecule has 1 amide bonds.